The number of nitrogens with zero attached hydrogens (tertiary/aromatic N) is 7. The van der Waals surface area contributed by atoms with Crippen LogP contribution in [0.5, 0.6) is 0 Å². The summed E-state index contributed by atoms with van der Waals surface area (Å²) in [5, 5.41) is 11.2. The van der Waals surface area contributed by atoms with Crippen LogP contribution in [0.2, 0.25) is 0 Å². The van der Waals surface area contributed by atoms with Crippen LogP contribution in [0.25, 0.3) is 22.3 Å². The third kappa shape index (κ3) is 5.20. The van der Waals surface area contributed by atoms with Crippen LogP contribution in [0.3, 0.4) is 0 Å². The Hall–Kier alpha value is -3.36. The summed E-state index contributed by atoms with van der Waals surface area (Å²) < 4.78 is 63.6. The molecule has 3 saturated heterocycles. The molecule has 2 bridgehead atoms. The predicted molar refractivity (Wildman–Crippen MR) is 146 cm³/mol. The maximum atomic E-state index is 13.6. The third-order valence-electron chi connectivity index (χ3n) is 7.32. The number of nitrogens with two attached hydrogens (primary N) is 2. The van der Waals surface area contributed by atoms with Crippen LogP contribution < -0.4 is 17.0 Å². The lowest BCUT2D eigenvalue weighted by atomic mass is 10.1. The molecule has 4 aromatic heterocycles. The number of phosphoric ester groups is 1. The van der Waals surface area contributed by atoms with Gasteiger partial charge in [0.1, 0.15) is 36.3 Å². The van der Waals surface area contributed by atoms with Gasteiger partial charge >= 0.3 is 15.4 Å². The van der Waals surface area contributed by atoms with Crippen LogP contribution >= 0.6 is 15.4 Å². The molecule has 0 amide bonds. The van der Waals surface area contributed by atoms with Gasteiger partial charge in [-0.15, -0.1) is 0 Å². The van der Waals surface area contributed by atoms with Crippen LogP contribution in [-0.4, -0.2) is 99.4 Å². The van der Waals surface area contributed by atoms with E-state index in [0.717, 1.165) is 0 Å². The number of anilines is 2. The van der Waals surface area contributed by atoms with E-state index in [9.17, 15) is 23.9 Å². The highest BCUT2D eigenvalue weighted by Crippen LogP contribution is 2.53. The van der Waals surface area contributed by atoms with Crippen molar-refractivity contribution in [2.45, 2.75) is 49.4 Å². The van der Waals surface area contributed by atoms with Crippen molar-refractivity contribution >= 4 is 49.5 Å². The number of hydrogen-bond acceptors (Lipinski definition) is 17. The zero-order chi connectivity index (χ0) is 31.0. The summed E-state index contributed by atoms with van der Waals surface area (Å²) in [7, 11) is -8.78. The number of hydrogen-bond donors (Lipinski definition) is 5. The summed E-state index contributed by atoms with van der Waals surface area (Å²) in [5.74, 6) is -0.0820. The topological polar surface area (TPSA) is 289 Å². The van der Waals surface area contributed by atoms with E-state index in [2.05, 4.69) is 29.9 Å². The Bertz CT molecular complexity index is 1900. The fourth-order valence-electron chi connectivity index (χ4n) is 5.41. The zero-order valence-electron chi connectivity index (χ0n) is 22.6. The van der Waals surface area contributed by atoms with Crippen molar-refractivity contribution < 1.29 is 46.7 Å². The molecule has 7 N–H and O–H groups in total. The number of ether oxygens (including phenoxy) is 2. The molecule has 0 radical (unpaired) electrons. The first kappa shape index (κ1) is 29.4. The summed E-state index contributed by atoms with van der Waals surface area (Å²) >= 11 is 0. The molecule has 4 aromatic rings. The van der Waals surface area contributed by atoms with Crippen molar-refractivity contribution in [2.75, 3.05) is 31.3 Å². The second kappa shape index (κ2) is 10.6. The Morgan fingerprint density at radius 2 is 1.70 bits per heavy atom. The monoisotopic (exact) mass is 656 g/mol. The molecule has 21 nitrogen and oxygen atoms in total. The Morgan fingerprint density at radius 1 is 0.955 bits per heavy atom. The molecule has 236 valence electrons. The van der Waals surface area contributed by atoms with Gasteiger partial charge < -0.3 is 40.0 Å². The van der Waals surface area contributed by atoms with Gasteiger partial charge in [-0.25, -0.2) is 24.5 Å². The van der Waals surface area contributed by atoms with Crippen LogP contribution in [0.1, 0.15) is 18.9 Å². The highest BCUT2D eigenvalue weighted by atomic mass is 31.2. The molecule has 23 heteroatoms. The second-order valence-electron chi connectivity index (χ2n) is 10.3. The van der Waals surface area contributed by atoms with Crippen molar-refractivity contribution in [1.29, 1.82) is 0 Å². The SMILES string of the molecule is CP1(=O)OC[C@H]2O[C@@H](n3cnc4c(N)ncnc43)[C@@H](O)C2OP(=O)(O)OC[C@@H]2CC(O1)[C@H](n1cnc3c(=O)[nH]c(N)nc31)O2. The first-order valence-corrected chi connectivity index (χ1v) is 16.6. The Morgan fingerprint density at radius 3 is 2.50 bits per heavy atom. The minimum Gasteiger partial charge on any atom is -0.386 e. The average molecular weight is 656 g/mol. The first-order chi connectivity index (χ1) is 20.9. The number of nitrogen functional groups attached to an aromatic ring is 2. The lowest BCUT2D eigenvalue weighted by Gasteiger charge is -2.26. The minimum atomic E-state index is -4.86. The van der Waals surface area contributed by atoms with Gasteiger partial charge in [0, 0.05) is 13.1 Å². The molecule has 0 aromatic carbocycles. The second-order valence-corrected chi connectivity index (χ2v) is 13.8. The molecule has 9 atom stereocenters. The summed E-state index contributed by atoms with van der Waals surface area (Å²) in [6.45, 7) is 0.250. The molecule has 7 heterocycles. The molecule has 0 aliphatic carbocycles. The molecule has 0 spiro atoms. The summed E-state index contributed by atoms with van der Waals surface area (Å²) in [4.78, 5) is 45.6. The normalized spacial score (nSPS) is 36.6. The number of aromatic nitrogens is 8. The van der Waals surface area contributed by atoms with E-state index in [-0.39, 0.29) is 40.5 Å². The van der Waals surface area contributed by atoms with Gasteiger partial charge in [-0.3, -0.25) is 32.5 Å². The summed E-state index contributed by atoms with van der Waals surface area (Å²) in [5.41, 5.74) is 11.5. The molecule has 4 unspecified atom stereocenters. The van der Waals surface area contributed by atoms with Crippen molar-refractivity contribution in [3.8, 4) is 0 Å². The molecule has 0 saturated carbocycles. The van der Waals surface area contributed by atoms with E-state index >= 15 is 0 Å². The van der Waals surface area contributed by atoms with Crippen molar-refractivity contribution in [3.05, 3.63) is 29.3 Å². The van der Waals surface area contributed by atoms with Crippen LogP contribution in [-0.2, 0) is 36.7 Å². The van der Waals surface area contributed by atoms with Gasteiger partial charge in [0.05, 0.1) is 32.0 Å². The fraction of sp³-hybridized carbons (Fsp3) is 0.524. The Kier molecular flexibility index (Phi) is 7.09. The van der Waals surface area contributed by atoms with Gasteiger partial charge in [0.2, 0.25) is 5.95 Å². The maximum absolute atomic E-state index is 13.6. The molecule has 3 aliphatic rings. The maximum Gasteiger partial charge on any atom is 0.472 e. The van der Waals surface area contributed by atoms with E-state index in [0.29, 0.717) is 0 Å². The van der Waals surface area contributed by atoms with Crippen LogP contribution in [0, 0.1) is 0 Å². The fourth-order valence-corrected chi connectivity index (χ4v) is 7.55. The van der Waals surface area contributed by atoms with Crippen LogP contribution in [0.15, 0.2) is 23.8 Å². The van der Waals surface area contributed by atoms with Gasteiger partial charge in [0.15, 0.2) is 35.1 Å². The quantitative estimate of drug-likeness (QED) is 0.168. The van der Waals surface area contributed by atoms with E-state index in [1.807, 2.05) is 0 Å². The van der Waals surface area contributed by atoms with Gasteiger partial charge in [-0.2, -0.15) is 4.98 Å². The number of aliphatic hydroxyl groups excluding tert-OH is 1. The summed E-state index contributed by atoms with van der Waals surface area (Å²) in [6, 6.07) is 0. The summed E-state index contributed by atoms with van der Waals surface area (Å²) in [6.07, 6.45) is -4.68. The van der Waals surface area contributed by atoms with Gasteiger partial charge in [-0.05, 0) is 0 Å². The van der Waals surface area contributed by atoms with Crippen molar-refractivity contribution in [1.82, 2.24) is 39.0 Å². The van der Waals surface area contributed by atoms with E-state index in [1.54, 1.807) is 0 Å². The molecule has 44 heavy (non-hydrogen) atoms. The number of fused-ring (bicyclic) bond motifs is 5. The number of rotatable bonds is 2. The highest BCUT2D eigenvalue weighted by molar-refractivity contribution is 7.53. The number of H-pyrrole nitrogens is 1. The number of phosphoric acid groups is 1. The number of aromatic amines is 1. The standard InChI is InChI=1S/C21H26N10O11P2/c1-43(34)37-4-10-14(13(32)20(40-10)30-6-26-11-15(22)24-5-25-16(11)30)42-44(35,36)38-3-8-2-9(41-43)19(39-8)31-7-27-12-17(31)28-21(23)29-18(12)33/h5-10,13-14,19-20,32H,2-4H2,1H3,(H,35,36)(H2,22,24,25)(H3,23,28,29,33)/t8-,9?,10+,13-,14?,19+,20+,43?/m0/s1. The van der Waals surface area contributed by atoms with Crippen molar-refractivity contribution in [2.24, 2.45) is 0 Å². The van der Waals surface area contributed by atoms with E-state index < -0.39 is 77.2 Å². The highest BCUT2D eigenvalue weighted by Gasteiger charge is 2.51. The Labute approximate surface area is 245 Å². The van der Waals surface area contributed by atoms with E-state index in [1.165, 1.54) is 34.8 Å². The van der Waals surface area contributed by atoms with Crippen molar-refractivity contribution in [3.63, 3.8) is 0 Å². The predicted octanol–water partition coefficient (Wildman–Crippen LogP) is -0.590. The largest absolute Gasteiger partial charge is 0.472 e. The van der Waals surface area contributed by atoms with E-state index in [4.69, 9.17) is 39.0 Å². The molecular weight excluding hydrogens is 630 g/mol. The number of nitrogens with one attached hydrogen (secondary N) is 1. The minimum absolute atomic E-state index is 0.0248. The molecule has 3 fully saturated rings. The third-order valence-corrected chi connectivity index (χ3v) is 9.58. The molecular formula is C21H26N10O11P2. The van der Waals surface area contributed by atoms with Crippen LogP contribution in [0.4, 0.5) is 11.8 Å². The van der Waals surface area contributed by atoms with Gasteiger partial charge in [-0.1, -0.05) is 0 Å². The Balaban J connectivity index is 1.19. The average Bonchev–Trinajstić information content (AvgIpc) is 3.72. The zero-order valence-corrected chi connectivity index (χ0v) is 24.4. The lowest BCUT2D eigenvalue weighted by molar-refractivity contribution is -0.0619. The number of imidazole rings is 2. The molecule has 3 aliphatic heterocycles. The smallest absolute Gasteiger partial charge is 0.386 e. The number of aliphatic hydroxyl groups is 1. The lowest BCUT2D eigenvalue weighted by Crippen LogP contribution is -2.36. The van der Waals surface area contributed by atoms with Gasteiger partial charge in [0.25, 0.3) is 5.56 Å². The molecule has 7 rings (SSSR count). The first-order valence-electron chi connectivity index (χ1n) is 13.1.